The van der Waals surface area contributed by atoms with Crippen molar-refractivity contribution in [3.8, 4) is 67.5 Å². The molecule has 0 unspecified atom stereocenters. The van der Waals surface area contributed by atoms with E-state index in [1.165, 1.54) is 63.7 Å². The van der Waals surface area contributed by atoms with E-state index in [4.69, 9.17) is 0 Å². The molecule has 0 aliphatic carbocycles. The minimum absolute atomic E-state index is 0.0669. The molecule has 3 amide bonds. The highest BCUT2D eigenvalue weighted by molar-refractivity contribution is 6.08. The summed E-state index contributed by atoms with van der Waals surface area (Å²) in [6, 6.07) is 48.5. The minimum Gasteiger partial charge on any atom is -0.322 e. The number of hydrogen-bond acceptors (Lipinski definition) is 8. The fraction of sp³-hybridized carbons (Fsp3) is 0.0732. The van der Waals surface area contributed by atoms with E-state index in [2.05, 4.69) is 40.9 Å². The van der Waals surface area contributed by atoms with E-state index in [-0.39, 0.29) is 45.6 Å². The maximum absolute atomic E-state index is 14.4. The Kier molecular flexibility index (Phi) is 20.2. The van der Waals surface area contributed by atoms with E-state index in [9.17, 15) is 67.1 Å². The van der Waals surface area contributed by atoms with Crippen molar-refractivity contribution in [2.75, 3.05) is 16.0 Å². The van der Waals surface area contributed by atoms with Crippen LogP contribution in [0, 0.1) is 62.6 Å². The SMILES string of the molecule is Cc1ccc(NC(=O)c2cc(-c3cccn4c(-c5cccc(F)c5F)ncc34)ccc2C(F)(F)F)cc1.Cc1ccc(NC(=O)c2cc(-c3cccn4c(-c5cccc(F)c5F)ncc34)cnc2C(F)(F)F)cc1.Cc1ccc(NC(=O)c2cc(-c3cccn4c(-c5cccc(F)c5F)ncc34)cnc2C)cc1. The number of pyridine rings is 5. The molecule has 540 valence electrons. The number of alkyl halides is 6. The molecule has 0 spiro atoms. The molecule has 0 atom stereocenters. The van der Waals surface area contributed by atoms with Crippen molar-refractivity contribution in [2.24, 2.45) is 0 Å². The molecule has 26 heteroatoms. The van der Waals surface area contributed by atoms with Crippen LogP contribution in [0.25, 0.3) is 84.1 Å². The summed E-state index contributed by atoms with van der Waals surface area (Å²) in [5.41, 5.74) is 6.00. The second-order valence-electron chi connectivity index (χ2n) is 24.8. The lowest BCUT2D eigenvalue weighted by Crippen LogP contribution is -2.20. The van der Waals surface area contributed by atoms with E-state index in [1.54, 1.807) is 127 Å². The largest absolute Gasteiger partial charge is 0.434 e. The van der Waals surface area contributed by atoms with Crippen LogP contribution < -0.4 is 16.0 Å². The average Bonchev–Trinajstić information content (AvgIpc) is 1.74. The fourth-order valence-corrected chi connectivity index (χ4v) is 12.0. The zero-order chi connectivity index (χ0) is 76.5. The summed E-state index contributed by atoms with van der Waals surface area (Å²) in [6.07, 6.45) is 2.34. The van der Waals surface area contributed by atoms with Crippen LogP contribution in [0.3, 0.4) is 0 Å². The molecule has 0 saturated carbocycles. The van der Waals surface area contributed by atoms with Crippen molar-refractivity contribution in [3.05, 3.63) is 329 Å². The number of benzene rings is 7. The van der Waals surface area contributed by atoms with Crippen molar-refractivity contribution in [2.45, 2.75) is 40.0 Å². The number of carbonyl (C=O) groups is 3. The van der Waals surface area contributed by atoms with Crippen LogP contribution in [0.4, 0.5) is 69.7 Å². The van der Waals surface area contributed by atoms with E-state index in [0.29, 0.717) is 67.1 Å². The lowest BCUT2D eigenvalue weighted by Gasteiger charge is -2.15. The van der Waals surface area contributed by atoms with Gasteiger partial charge >= 0.3 is 12.4 Å². The van der Waals surface area contributed by atoms with Gasteiger partial charge in [0, 0.05) is 75.9 Å². The van der Waals surface area contributed by atoms with Crippen molar-refractivity contribution in [1.82, 2.24) is 38.1 Å². The topological polar surface area (TPSA) is 165 Å². The van der Waals surface area contributed by atoms with Gasteiger partial charge in [0.05, 0.1) is 79.8 Å². The molecule has 0 radical (unpaired) electrons. The molecule has 15 rings (SSSR count). The number of fused-ring (bicyclic) bond motifs is 3. The van der Waals surface area contributed by atoms with E-state index in [1.807, 2.05) is 51.1 Å². The van der Waals surface area contributed by atoms with Gasteiger partial charge in [0.2, 0.25) is 0 Å². The highest BCUT2D eigenvalue weighted by Gasteiger charge is 2.39. The molecule has 0 saturated heterocycles. The first-order chi connectivity index (χ1) is 51.7. The molecule has 7 aromatic carbocycles. The standard InChI is InChI=1S/C28H18F5N3O.C27H17F5N4O.C27H20F2N4O/c1-16-7-10-18(11-8-16)35-27(37)21-14-17(9-12-22(21)28(31,32)33)19-5-3-13-36-24(19)15-34-26(36)20-4-2-6-23(29)25(20)30;1-15-7-9-17(10-8-15)35-26(37)20-12-16(13-33-24(20)27(30,31)32)18-5-3-11-36-22(18)14-34-25(36)19-4-2-6-21(28)23(19)29;1-16-8-10-19(11-9-16)32-27(34)22-13-18(14-30-17(22)2)20-6-4-12-33-24(20)15-31-26(33)21-5-3-7-23(28)25(21)29/h2-15H,1H3,(H,35,37);2-14H,1H3,(H,35,37);3-15H,1-2H3,(H,32,34). The maximum atomic E-state index is 14.4. The summed E-state index contributed by atoms with van der Waals surface area (Å²) in [7, 11) is 0. The highest BCUT2D eigenvalue weighted by Crippen LogP contribution is 2.40. The van der Waals surface area contributed by atoms with Gasteiger partial charge in [-0.3, -0.25) is 37.6 Å². The quantitative estimate of drug-likeness (QED) is 0.102. The van der Waals surface area contributed by atoms with Gasteiger partial charge in [0.25, 0.3) is 17.7 Å². The Balaban J connectivity index is 0.000000143. The number of carbonyl (C=O) groups excluding carboxylic acids is 3. The van der Waals surface area contributed by atoms with Gasteiger partial charge in [0.15, 0.2) is 40.6 Å². The number of hydrogen-bond donors (Lipinski definition) is 3. The molecule has 0 fully saturated rings. The van der Waals surface area contributed by atoms with Crippen molar-refractivity contribution in [3.63, 3.8) is 0 Å². The Bertz CT molecular complexity index is 5730. The number of amides is 3. The molecule has 8 heterocycles. The molecular weight excluding hydrogens is 1410 g/mol. The van der Waals surface area contributed by atoms with Crippen molar-refractivity contribution < 1.29 is 67.1 Å². The summed E-state index contributed by atoms with van der Waals surface area (Å²) in [6.45, 7) is 7.44. The van der Waals surface area contributed by atoms with Gasteiger partial charge < -0.3 is 16.0 Å². The summed E-state index contributed by atoms with van der Waals surface area (Å²) >= 11 is 0. The van der Waals surface area contributed by atoms with Crippen LogP contribution in [0.5, 0.6) is 0 Å². The first-order valence-electron chi connectivity index (χ1n) is 32.8. The fourth-order valence-electron chi connectivity index (χ4n) is 12.0. The highest BCUT2D eigenvalue weighted by atomic mass is 19.4. The van der Waals surface area contributed by atoms with Gasteiger partial charge in [-0.2, -0.15) is 26.3 Å². The summed E-state index contributed by atoms with van der Waals surface area (Å²) in [5.74, 6) is -7.75. The first-order valence-corrected chi connectivity index (χ1v) is 32.8. The van der Waals surface area contributed by atoms with Gasteiger partial charge in [-0.1, -0.05) is 95.6 Å². The lowest BCUT2D eigenvalue weighted by atomic mass is 9.98. The van der Waals surface area contributed by atoms with E-state index >= 15 is 0 Å². The van der Waals surface area contributed by atoms with E-state index in [0.717, 1.165) is 64.8 Å². The number of rotatable bonds is 12. The van der Waals surface area contributed by atoms with Gasteiger partial charge in [-0.25, -0.2) is 41.3 Å². The summed E-state index contributed by atoms with van der Waals surface area (Å²) in [4.78, 5) is 59.7. The van der Waals surface area contributed by atoms with Crippen LogP contribution >= 0.6 is 0 Å². The van der Waals surface area contributed by atoms with Crippen LogP contribution in [0.1, 0.15) is 64.7 Å². The first kappa shape index (κ1) is 72.8. The molecule has 15 aromatic rings. The maximum Gasteiger partial charge on any atom is 0.434 e. The Morgan fingerprint density at radius 3 is 1.05 bits per heavy atom. The predicted molar refractivity (Wildman–Crippen MR) is 386 cm³/mol. The van der Waals surface area contributed by atoms with Crippen molar-refractivity contribution >= 4 is 51.3 Å². The van der Waals surface area contributed by atoms with Crippen LogP contribution in [-0.4, -0.2) is 55.8 Å². The second-order valence-corrected chi connectivity index (χ2v) is 24.8. The summed E-state index contributed by atoms with van der Waals surface area (Å²) in [5, 5.41) is 7.90. The second kappa shape index (κ2) is 29.9. The third-order valence-electron chi connectivity index (χ3n) is 17.5. The minimum atomic E-state index is -4.87. The number of halogens is 12. The van der Waals surface area contributed by atoms with Crippen LogP contribution in [0.15, 0.2) is 244 Å². The molecule has 0 aliphatic heterocycles. The zero-order valence-electron chi connectivity index (χ0n) is 56.9. The molecule has 14 nitrogen and oxygen atoms in total. The van der Waals surface area contributed by atoms with E-state index < -0.39 is 81.5 Å². The number of nitrogens with zero attached hydrogens (tertiary/aromatic N) is 8. The number of aryl methyl sites for hydroxylation is 4. The number of imidazole rings is 3. The van der Waals surface area contributed by atoms with Gasteiger partial charge in [0.1, 0.15) is 17.5 Å². The predicted octanol–water partition coefficient (Wildman–Crippen LogP) is 20.7. The molecule has 3 N–H and O–H groups in total. The Labute approximate surface area is 606 Å². The molecule has 108 heavy (non-hydrogen) atoms. The molecule has 8 aromatic heterocycles. The molecule has 0 bridgehead atoms. The third-order valence-corrected chi connectivity index (χ3v) is 17.5. The average molecular weight is 1470 g/mol. The number of anilines is 3. The Morgan fingerprint density at radius 2 is 0.667 bits per heavy atom. The zero-order valence-corrected chi connectivity index (χ0v) is 56.9. The Hall–Kier alpha value is -13.5. The smallest absolute Gasteiger partial charge is 0.322 e. The number of aromatic nitrogens is 8. The van der Waals surface area contributed by atoms with Crippen molar-refractivity contribution in [1.29, 1.82) is 0 Å². The Morgan fingerprint density at radius 1 is 0.333 bits per heavy atom. The lowest BCUT2D eigenvalue weighted by molar-refractivity contribution is -0.141. The third kappa shape index (κ3) is 15.1. The van der Waals surface area contributed by atoms with Crippen LogP contribution in [0.2, 0.25) is 0 Å². The summed E-state index contributed by atoms with van der Waals surface area (Å²) < 4.78 is 172. The van der Waals surface area contributed by atoms with Gasteiger partial charge in [-0.15, -0.1) is 0 Å². The molecule has 0 aliphatic rings. The van der Waals surface area contributed by atoms with Crippen LogP contribution in [-0.2, 0) is 12.4 Å². The number of nitrogens with one attached hydrogen (secondary N) is 3. The monoisotopic (exact) mass is 1470 g/mol. The molecular formula is C82H55F12N11O3. The normalized spacial score (nSPS) is 11.4. The van der Waals surface area contributed by atoms with Gasteiger partial charge in [-0.05, 0) is 149 Å².